The third-order valence-electron chi connectivity index (χ3n) is 4.98. The fraction of sp³-hybridized carbons (Fsp3) is 0.619. The number of guanidine groups is 1. The second-order valence-corrected chi connectivity index (χ2v) is 7.49. The number of aryl methyl sites for hydroxylation is 1. The molecular weight excluding hydrogens is 524 g/mol. The quantitative estimate of drug-likeness (QED) is 0.197. The zero-order valence-corrected chi connectivity index (χ0v) is 20.3. The zero-order valence-electron chi connectivity index (χ0n) is 18.0. The molecule has 0 unspecified atom stereocenters. The van der Waals surface area contributed by atoms with E-state index in [1.54, 1.807) is 26.1 Å². The third-order valence-corrected chi connectivity index (χ3v) is 4.98. The van der Waals surface area contributed by atoms with E-state index < -0.39 is 12.8 Å². The summed E-state index contributed by atoms with van der Waals surface area (Å²) in [5.74, 6) is 0.901. The second-order valence-electron chi connectivity index (χ2n) is 7.49. The molecular formula is C21H32F3IN4O2. The Morgan fingerprint density at radius 3 is 2.45 bits per heavy atom. The van der Waals surface area contributed by atoms with Crippen molar-refractivity contribution in [2.24, 2.45) is 10.9 Å². The minimum Gasteiger partial charge on any atom is -0.484 e. The van der Waals surface area contributed by atoms with E-state index >= 15 is 0 Å². The monoisotopic (exact) mass is 556 g/mol. The summed E-state index contributed by atoms with van der Waals surface area (Å²) in [5, 5.41) is 9.09. The number of halogens is 4. The average molecular weight is 556 g/mol. The molecule has 176 valence electrons. The number of carbonyl (C=O) groups excluding carboxylic acids is 1. The standard InChI is InChI=1S/C21H31F3N4O2.HI/c1-15-8-9-17(18(12-15)30-14-21(22,23)24)13-28-20(25-2)27-11-10-26-19(29)16-6-4-3-5-7-16;/h8-9,12,16H,3-7,10-11,13-14H2,1-2H3,(H,26,29)(H2,25,27,28);1H. The van der Waals surface area contributed by atoms with Crippen molar-refractivity contribution in [3.05, 3.63) is 29.3 Å². The van der Waals surface area contributed by atoms with Crippen LogP contribution in [-0.2, 0) is 11.3 Å². The van der Waals surface area contributed by atoms with Gasteiger partial charge in [0, 0.05) is 38.2 Å². The second kappa shape index (κ2) is 13.6. The molecule has 3 N–H and O–H groups in total. The van der Waals surface area contributed by atoms with Gasteiger partial charge in [-0.05, 0) is 31.4 Å². The Hall–Kier alpha value is -1.72. The van der Waals surface area contributed by atoms with Gasteiger partial charge in [-0.3, -0.25) is 9.79 Å². The fourth-order valence-electron chi connectivity index (χ4n) is 3.38. The molecule has 0 radical (unpaired) electrons. The third kappa shape index (κ3) is 10.4. The lowest BCUT2D eigenvalue weighted by atomic mass is 9.89. The molecule has 1 aliphatic carbocycles. The maximum atomic E-state index is 12.5. The molecule has 0 aliphatic heterocycles. The van der Waals surface area contributed by atoms with Gasteiger partial charge in [-0.1, -0.05) is 31.4 Å². The van der Waals surface area contributed by atoms with Gasteiger partial charge < -0.3 is 20.7 Å². The highest BCUT2D eigenvalue weighted by Crippen LogP contribution is 2.24. The van der Waals surface area contributed by atoms with Gasteiger partial charge in [-0.2, -0.15) is 13.2 Å². The molecule has 0 saturated heterocycles. The van der Waals surface area contributed by atoms with Crippen molar-refractivity contribution in [3.8, 4) is 5.75 Å². The first-order valence-electron chi connectivity index (χ1n) is 10.3. The topological polar surface area (TPSA) is 74.8 Å². The summed E-state index contributed by atoms with van der Waals surface area (Å²) in [6.07, 6.45) is 0.947. The van der Waals surface area contributed by atoms with Crippen molar-refractivity contribution in [2.75, 3.05) is 26.7 Å². The molecule has 1 aromatic carbocycles. The molecule has 1 amide bonds. The number of carbonyl (C=O) groups is 1. The number of aliphatic imine (C=N–C) groups is 1. The summed E-state index contributed by atoms with van der Waals surface area (Å²) >= 11 is 0. The van der Waals surface area contributed by atoms with Gasteiger partial charge in [-0.25, -0.2) is 0 Å². The lowest BCUT2D eigenvalue weighted by Crippen LogP contribution is -2.42. The van der Waals surface area contributed by atoms with Crippen LogP contribution in [0.25, 0.3) is 0 Å². The maximum Gasteiger partial charge on any atom is 0.422 e. The molecule has 31 heavy (non-hydrogen) atoms. The van der Waals surface area contributed by atoms with Crippen LogP contribution in [-0.4, -0.2) is 44.8 Å². The SMILES string of the molecule is CN=C(NCCNC(=O)C1CCCCC1)NCc1ccc(C)cc1OCC(F)(F)F.I. The number of amides is 1. The summed E-state index contributed by atoms with van der Waals surface area (Å²) in [5.41, 5.74) is 1.41. The normalized spacial score (nSPS) is 15.1. The minimum atomic E-state index is -4.39. The summed E-state index contributed by atoms with van der Waals surface area (Å²) in [4.78, 5) is 16.2. The van der Waals surface area contributed by atoms with Crippen molar-refractivity contribution >= 4 is 35.8 Å². The molecule has 1 aliphatic rings. The zero-order chi connectivity index (χ0) is 22.0. The van der Waals surface area contributed by atoms with Crippen LogP contribution in [0.2, 0.25) is 0 Å². The van der Waals surface area contributed by atoms with Gasteiger partial charge in [0.1, 0.15) is 5.75 Å². The molecule has 1 fully saturated rings. The van der Waals surface area contributed by atoms with E-state index in [9.17, 15) is 18.0 Å². The number of alkyl halides is 3. The van der Waals surface area contributed by atoms with Gasteiger partial charge >= 0.3 is 6.18 Å². The maximum absolute atomic E-state index is 12.5. The Morgan fingerprint density at radius 2 is 1.81 bits per heavy atom. The first-order valence-corrected chi connectivity index (χ1v) is 10.3. The van der Waals surface area contributed by atoms with Gasteiger partial charge in [0.2, 0.25) is 5.91 Å². The van der Waals surface area contributed by atoms with Crippen LogP contribution in [0.4, 0.5) is 13.2 Å². The van der Waals surface area contributed by atoms with Gasteiger partial charge in [0.05, 0.1) is 0 Å². The van der Waals surface area contributed by atoms with Crippen LogP contribution >= 0.6 is 24.0 Å². The Bertz CT molecular complexity index is 723. The predicted molar refractivity (Wildman–Crippen MR) is 126 cm³/mol. The highest BCUT2D eigenvalue weighted by Gasteiger charge is 2.28. The van der Waals surface area contributed by atoms with Gasteiger partial charge in [0.25, 0.3) is 0 Å². The first-order chi connectivity index (χ1) is 14.3. The molecule has 0 spiro atoms. The number of rotatable bonds is 8. The van der Waals surface area contributed by atoms with Crippen LogP contribution < -0.4 is 20.7 Å². The van der Waals surface area contributed by atoms with Crippen LogP contribution in [0.1, 0.15) is 43.2 Å². The molecule has 0 bridgehead atoms. The smallest absolute Gasteiger partial charge is 0.422 e. The number of hydrogen-bond donors (Lipinski definition) is 3. The molecule has 0 atom stereocenters. The predicted octanol–water partition coefficient (Wildman–Crippen LogP) is 3.92. The Labute approximate surface area is 198 Å². The van der Waals surface area contributed by atoms with E-state index in [-0.39, 0.29) is 48.1 Å². The average Bonchev–Trinajstić information content (AvgIpc) is 2.72. The molecule has 2 rings (SSSR count). The van der Waals surface area contributed by atoms with Crippen LogP contribution in [0.15, 0.2) is 23.2 Å². The first kappa shape index (κ1) is 27.3. The minimum absolute atomic E-state index is 0. The summed E-state index contributed by atoms with van der Waals surface area (Å²) in [6.45, 7) is 1.67. The summed E-state index contributed by atoms with van der Waals surface area (Å²) in [6, 6.07) is 5.12. The van der Waals surface area contributed by atoms with Crippen molar-refractivity contribution in [2.45, 2.75) is 51.7 Å². The van der Waals surface area contributed by atoms with Crippen molar-refractivity contribution in [1.29, 1.82) is 0 Å². The summed E-state index contributed by atoms with van der Waals surface area (Å²) in [7, 11) is 1.60. The van der Waals surface area contributed by atoms with Gasteiger partial charge in [0.15, 0.2) is 12.6 Å². The molecule has 1 aromatic rings. The van der Waals surface area contributed by atoms with E-state index in [0.29, 0.717) is 24.6 Å². The van der Waals surface area contributed by atoms with Crippen molar-refractivity contribution in [3.63, 3.8) is 0 Å². The number of nitrogens with zero attached hydrogens (tertiary/aromatic N) is 1. The molecule has 6 nitrogen and oxygen atoms in total. The molecule has 0 heterocycles. The Balaban J connectivity index is 0.00000480. The van der Waals surface area contributed by atoms with Gasteiger partial charge in [-0.15, -0.1) is 24.0 Å². The Kier molecular flexibility index (Phi) is 12.0. The van der Waals surface area contributed by atoms with Crippen LogP contribution in [0.3, 0.4) is 0 Å². The van der Waals surface area contributed by atoms with Crippen LogP contribution in [0, 0.1) is 12.8 Å². The lowest BCUT2D eigenvalue weighted by Gasteiger charge is -2.21. The molecule has 0 aromatic heterocycles. The Morgan fingerprint density at radius 1 is 1.13 bits per heavy atom. The van der Waals surface area contributed by atoms with E-state index in [4.69, 9.17) is 4.74 Å². The van der Waals surface area contributed by atoms with Crippen LogP contribution in [0.5, 0.6) is 5.75 Å². The molecule has 1 saturated carbocycles. The largest absolute Gasteiger partial charge is 0.484 e. The van der Waals surface area contributed by atoms with E-state index in [1.165, 1.54) is 6.42 Å². The van der Waals surface area contributed by atoms with Crippen molar-refractivity contribution in [1.82, 2.24) is 16.0 Å². The van der Waals surface area contributed by atoms with E-state index in [1.807, 2.05) is 6.07 Å². The highest BCUT2D eigenvalue weighted by molar-refractivity contribution is 14.0. The highest BCUT2D eigenvalue weighted by atomic mass is 127. The fourth-order valence-corrected chi connectivity index (χ4v) is 3.38. The number of nitrogens with one attached hydrogen (secondary N) is 3. The summed E-state index contributed by atoms with van der Waals surface area (Å²) < 4.78 is 42.4. The number of benzene rings is 1. The lowest BCUT2D eigenvalue weighted by molar-refractivity contribution is -0.153. The van der Waals surface area contributed by atoms with E-state index in [2.05, 4.69) is 20.9 Å². The number of hydrogen-bond acceptors (Lipinski definition) is 3. The van der Waals surface area contributed by atoms with E-state index in [0.717, 1.165) is 31.2 Å². The van der Waals surface area contributed by atoms with Crippen molar-refractivity contribution < 1.29 is 22.7 Å². The number of ether oxygens (including phenoxy) is 1. The molecule has 10 heteroatoms.